The number of carbonyl (C=O) groups is 1. The van der Waals surface area contributed by atoms with Gasteiger partial charge < -0.3 is 9.47 Å². The summed E-state index contributed by atoms with van der Waals surface area (Å²) in [6.45, 7) is 2.61. The van der Waals surface area contributed by atoms with E-state index in [1.807, 2.05) is 24.3 Å². The minimum Gasteiger partial charge on any atom is -0.489 e. The van der Waals surface area contributed by atoms with E-state index in [4.69, 9.17) is 9.47 Å². The van der Waals surface area contributed by atoms with Gasteiger partial charge in [-0.25, -0.2) is 4.79 Å². The maximum atomic E-state index is 11.6. The predicted molar refractivity (Wildman–Crippen MR) is 56.5 cm³/mol. The summed E-state index contributed by atoms with van der Waals surface area (Å²) in [4.78, 5) is 11.6. The van der Waals surface area contributed by atoms with Crippen LogP contribution in [0.4, 0.5) is 0 Å². The standard InChI is InChI=1S/C12H12O3/c1-2-14-12(13)10-7-8-15-11-6-4-3-5-9(10)11/h3-7H,2,8H2,1H3. The Balaban J connectivity index is 2.34. The van der Waals surface area contributed by atoms with Crippen molar-refractivity contribution in [1.82, 2.24) is 0 Å². The third kappa shape index (κ3) is 1.86. The maximum absolute atomic E-state index is 11.6. The second-order valence-electron chi connectivity index (χ2n) is 3.15. The molecule has 0 aliphatic carbocycles. The monoisotopic (exact) mass is 204 g/mol. The minimum absolute atomic E-state index is 0.284. The fraction of sp³-hybridized carbons (Fsp3) is 0.250. The molecular weight excluding hydrogens is 192 g/mol. The summed E-state index contributed by atoms with van der Waals surface area (Å²) in [6, 6.07) is 7.46. The number of para-hydroxylation sites is 1. The second kappa shape index (κ2) is 4.17. The number of hydrogen-bond donors (Lipinski definition) is 0. The van der Waals surface area contributed by atoms with Gasteiger partial charge >= 0.3 is 5.97 Å². The van der Waals surface area contributed by atoms with Crippen molar-refractivity contribution >= 4 is 11.5 Å². The van der Waals surface area contributed by atoms with Crippen molar-refractivity contribution in [2.24, 2.45) is 0 Å². The first-order valence-corrected chi connectivity index (χ1v) is 4.92. The SMILES string of the molecule is CCOC(=O)C1=CCOc2ccccc21. The lowest BCUT2D eigenvalue weighted by atomic mass is 10.0. The van der Waals surface area contributed by atoms with E-state index in [-0.39, 0.29) is 5.97 Å². The molecule has 0 saturated heterocycles. The highest BCUT2D eigenvalue weighted by Crippen LogP contribution is 2.29. The molecule has 0 bridgehead atoms. The zero-order chi connectivity index (χ0) is 10.7. The Bertz CT molecular complexity index is 407. The highest BCUT2D eigenvalue weighted by Gasteiger charge is 2.19. The van der Waals surface area contributed by atoms with Crippen LogP contribution in [0.3, 0.4) is 0 Å². The average Bonchev–Trinajstić information content (AvgIpc) is 2.28. The molecule has 0 fully saturated rings. The van der Waals surface area contributed by atoms with Crippen molar-refractivity contribution in [3.8, 4) is 5.75 Å². The van der Waals surface area contributed by atoms with Crippen molar-refractivity contribution in [1.29, 1.82) is 0 Å². The van der Waals surface area contributed by atoms with Gasteiger partial charge in [-0.15, -0.1) is 0 Å². The van der Waals surface area contributed by atoms with Crippen LogP contribution >= 0.6 is 0 Å². The first-order valence-electron chi connectivity index (χ1n) is 4.92. The Kier molecular flexibility index (Phi) is 2.72. The van der Waals surface area contributed by atoms with Crippen LogP contribution in [0.5, 0.6) is 5.75 Å². The maximum Gasteiger partial charge on any atom is 0.338 e. The van der Waals surface area contributed by atoms with Gasteiger partial charge in [-0.05, 0) is 19.1 Å². The van der Waals surface area contributed by atoms with Crippen molar-refractivity contribution in [3.63, 3.8) is 0 Å². The molecule has 3 heteroatoms. The molecular formula is C12H12O3. The Morgan fingerprint density at radius 3 is 3.07 bits per heavy atom. The quantitative estimate of drug-likeness (QED) is 0.691. The molecule has 3 nitrogen and oxygen atoms in total. The van der Waals surface area contributed by atoms with E-state index in [9.17, 15) is 4.79 Å². The van der Waals surface area contributed by atoms with Gasteiger partial charge in [-0.3, -0.25) is 0 Å². The number of benzene rings is 1. The number of hydrogen-bond acceptors (Lipinski definition) is 3. The Morgan fingerprint density at radius 2 is 2.27 bits per heavy atom. The number of esters is 1. The topological polar surface area (TPSA) is 35.5 Å². The highest BCUT2D eigenvalue weighted by molar-refractivity contribution is 6.17. The summed E-state index contributed by atoms with van der Waals surface area (Å²) in [5.41, 5.74) is 1.40. The molecule has 0 unspecified atom stereocenters. The first kappa shape index (κ1) is 9.77. The van der Waals surface area contributed by atoms with Crippen molar-refractivity contribution < 1.29 is 14.3 Å². The predicted octanol–water partition coefficient (Wildman–Crippen LogP) is 2.03. The van der Waals surface area contributed by atoms with Crippen LogP contribution in [0.1, 0.15) is 12.5 Å². The second-order valence-corrected chi connectivity index (χ2v) is 3.15. The summed E-state index contributed by atoms with van der Waals surface area (Å²) in [5, 5.41) is 0. The molecule has 1 aliphatic rings. The molecule has 78 valence electrons. The lowest BCUT2D eigenvalue weighted by Gasteiger charge is -2.17. The third-order valence-corrected chi connectivity index (χ3v) is 2.20. The van der Waals surface area contributed by atoms with Gasteiger partial charge in [0.15, 0.2) is 0 Å². The van der Waals surface area contributed by atoms with Gasteiger partial charge in [0.2, 0.25) is 0 Å². The number of carbonyl (C=O) groups excluding carboxylic acids is 1. The summed E-state index contributed by atoms with van der Waals surface area (Å²) < 4.78 is 10.4. The molecule has 1 aliphatic heterocycles. The molecule has 0 saturated carbocycles. The van der Waals surface area contributed by atoms with E-state index in [1.165, 1.54) is 0 Å². The largest absolute Gasteiger partial charge is 0.489 e. The molecule has 0 amide bonds. The van der Waals surface area contributed by atoms with Crippen molar-refractivity contribution in [3.05, 3.63) is 35.9 Å². The molecule has 2 rings (SSSR count). The van der Waals surface area contributed by atoms with Gasteiger partial charge in [0, 0.05) is 5.56 Å². The third-order valence-electron chi connectivity index (χ3n) is 2.20. The molecule has 0 N–H and O–H groups in total. The normalized spacial score (nSPS) is 13.5. The molecule has 0 radical (unpaired) electrons. The molecule has 0 aromatic heterocycles. The first-order chi connectivity index (χ1) is 7.33. The van der Waals surface area contributed by atoms with Crippen molar-refractivity contribution in [2.45, 2.75) is 6.92 Å². The van der Waals surface area contributed by atoms with E-state index in [2.05, 4.69) is 0 Å². The Morgan fingerprint density at radius 1 is 1.47 bits per heavy atom. The van der Waals surface area contributed by atoms with E-state index in [0.29, 0.717) is 18.8 Å². The Hall–Kier alpha value is -1.77. The van der Waals surface area contributed by atoms with E-state index >= 15 is 0 Å². The Labute approximate surface area is 88.3 Å². The van der Waals surface area contributed by atoms with E-state index < -0.39 is 0 Å². The van der Waals surface area contributed by atoms with Crippen LogP contribution in [0.2, 0.25) is 0 Å². The lowest BCUT2D eigenvalue weighted by Crippen LogP contribution is -2.13. The van der Waals surface area contributed by atoms with Gasteiger partial charge in [0.05, 0.1) is 12.2 Å². The zero-order valence-corrected chi connectivity index (χ0v) is 8.53. The number of ether oxygens (including phenoxy) is 2. The molecule has 15 heavy (non-hydrogen) atoms. The molecule has 1 heterocycles. The summed E-state index contributed by atoms with van der Waals surface area (Å²) in [7, 11) is 0. The van der Waals surface area contributed by atoms with Gasteiger partial charge in [0.1, 0.15) is 12.4 Å². The van der Waals surface area contributed by atoms with Crippen LogP contribution < -0.4 is 4.74 Å². The van der Waals surface area contributed by atoms with Crippen LogP contribution in [0.25, 0.3) is 5.57 Å². The van der Waals surface area contributed by atoms with Crippen LogP contribution in [-0.4, -0.2) is 19.2 Å². The summed E-state index contributed by atoms with van der Waals surface area (Å²) in [6.07, 6.45) is 1.75. The molecule has 0 spiro atoms. The zero-order valence-electron chi connectivity index (χ0n) is 8.53. The molecule has 0 atom stereocenters. The average molecular weight is 204 g/mol. The smallest absolute Gasteiger partial charge is 0.338 e. The molecule has 1 aromatic carbocycles. The van der Waals surface area contributed by atoms with Crippen LogP contribution in [-0.2, 0) is 9.53 Å². The van der Waals surface area contributed by atoms with Gasteiger partial charge in [-0.1, -0.05) is 18.2 Å². The fourth-order valence-corrected chi connectivity index (χ4v) is 1.54. The van der Waals surface area contributed by atoms with E-state index in [0.717, 1.165) is 11.3 Å². The summed E-state index contributed by atoms with van der Waals surface area (Å²) >= 11 is 0. The van der Waals surface area contributed by atoms with Crippen molar-refractivity contribution in [2.75, 3.05) is 13.2 Å². The highest BCUT2D eigenvalue weighted by atomic mass is 16.5. The van der Waals surface area contributed by atoms with Crippen LogP contribution in [0, 0.1) is 0 Å². The molecule has 1 aromatic rings. The number of fused-ring (bicyclic) bond motifs is 1. The van der Waals surface area contributed by atoms with Crippen LogP contribution in [0.15, 0.2) is 30.3 Å². The minimum atomic E-state index is -0.284. The lowest BCUT2D eigenvalue weighted by molar-refractivity contribution is -0.136. The fourth-order valence-electron chi connectivity index (χ4n) is 1.54. The van der Waals surface area contributed by atoms with Gasteiger partial charge in [0.25, 0.3) is 0 Å². The van der Waals surface area contributed by atoms with Gasteiger partial charge in [-0.2, -0.15) is 0 Å². The van der Waals surface area contributed by atoms with E-state index in [1.54, 1.807) is 13.0 Å². The summed E-state index contributed by atoms with van der Waals surface area (Å²) in [5.74, 6) is 0.455. The number of rotatable bonds is 2.